The van der Waals surface area contributed by atoms with Crippen LogP contribution in [-0.4, -0.2) is 49.5 Å². The van der Waals surface area contributed by atoms with E-state index in [0.29, 0.717) is 24.3 Å². The maximum absolute atomic E-state index is 11.5. The maximum Gasteiger partial charge on any atom is 0.266 e. The van der Waals surface area contributed by atoms with Crippen molar-refractivity contribution in [1.82, 2.24) is 15.1 Å². The van der Waals surface area contributed by atoms with Crippen LogP contribution in [0.15, 0.2) is 27.7 Å². The lowest BCUT2D eigenvalue weighted by Gasteiger charge is -2.31. The zero-order chi connectivity index (χ0) is 22.2. The molecule has 2 aromatic rings. The van der Waals surface area contributed by atoms with Crippen molar-refractivity contribution in [1.29, 1.82) is 0 Å². The van der Waals surface area contributed by atoms with Crippen LogP contribution in [0.25, 0.3) is 0 Å². The van der Waals surface area contributed by atoms with Gasteiger partial charge in [0.05, 0.1) is 11.5 Å². The van der Waals surface area contributed by atoms with E-state index in [0.717, 1.165) is 50.1 Å². The summed E-state index contributed by atoms with van der Waals surface area (Å²) in [5.41, 5.74) is -0.127. The minimum atomic E-state index is -3.23. The Kier molecular flexibility index (Phi) is 5.98. The summed E-state index contributed by atoms with van der Waals surface area (Å²) in [6.45, 7) is 8.80. The minimum Gasteiger partial charge on any atom is -0.478 e. The third kappa shape index (κ3) is 5.37. The average molecular weight is 449 g/mol. The molecule has 2 aromatic heterocycles. The SMILES string of the molecule is CC(C)(C)c1nc(N2CCC([C@H]3C[C@H]3CCOc3ccc(S(C)(=O)=O)cn3)CC2)no1. The third-order valence-electron chi connectivity index (χ3n) is 6.34. The number of anilines is 1. The quantitative estimate of drug-likeness (QED) is 0.635. The van der Waals surface area contributed by atoms with Gasteiger partial charge in [-0.3, -0.25) is 0 Å². The van der Waals surface area contributed by atoms with E-state index in [-0.39, 0.29) is 10.3 Å². The summed E-state index contributed by atoms with van der Waals surface area (Å²) in [6, 6.07) is 3.17. The van der Waals surface area contributed by atoms with E-state index >= 15 is 0 Å². The van der Waals surface area contributed by atoms with Gasteiger partial charge >= 0.3 is 0 Å². The largest absolute Gasteiger partial charge is 0.478 e. The highest BCUT2D eigenvalue weighted by atomic mass is 32.2. The molecule has 4 rings (SSSR count). The number of sulfone groups is 1. The van der Waals surface area contributed by atoms with Crippen molar-refractivity contribution in [3.63, 3.8) is 0 Å². The van der Waals surface area contributed by atoms with Gasteiger partial charge in [-0.1, -0.05) is 20.8 Å². The Morgan fingerprint density at radius 3 is 2.55 bits per heavy atom. The molecule has 31 heavy (non-hydrogen) atoms. The Morgan fingerprint density at radius 1 is 1.23 bits per heavy atom. The smallest absolute Gasteiger partial charge is 0.266 e. The molecule has 2 fully saturated rings. The second-order valence-corrected chi connectivity index (χ2v) is 11.9. The topological polar surface area (TPSA) is 98.4 Å². The molecule has 1 saturated heterocycles. The number of hydrogen-bond acceptors (Lipinski definition) is 8. The van der Waals surface area contributed by atoms with Crippen LogP contribution in [0.3, 0.4) is 0 Å². The highest BCUT2D eigenvalue weighted by Gasteiger charge is 2.43. The molecule has 8 nitrogen and oxygen atoms in total. The zero-order valence-corrected chi connectivity index (χ0v) is 19.6. The van der Waals surface area contributed by atoms with E-state index < -0.39 is 9.84 Å². The highest BCUT2D eigenvalue weighted by molar-refractivity contribution is 7.90. The van der Waals surface area contributed by atoms with Crippen LogP contribution in [0.1, 0.15) is 52.3 Å². The van der Waals surface area contributed by atoms with Crippen LogP contribution in [0.5, 0.6) is 5.88 Å². The normalized spacial score (nSPS) is 22.5. The fraction of sp³-hybridized carbons (Fsp3) is 0.682. The predicted molar refractivity (Wildman–Crippen MR) is 117 cm³/mol. The van der Waals surface area contributed by atoms with E-state index in [1.165, 1.54) is 18.9 Å². The molecule has 0 N–H and O–H groups in total. The second-order valence-electron chi connectivity index (χ2n) is 9.88. The standard InChI is InChI=1S/C22H32N4O4S/c1-22(2,3)20-24-21(25-30-20)26-10-7-15(8-11-26)18-13-16(18)9-12-29-19-6-5-17(14-23-19)31(4,27)28/h5-6,14-16,18H,7-13H2,1-4H3/t16-,18-/m1/s1. The van der Waals surface area contributed by atoms with Gasteiger partial charge in [0.25, 0.3) is 5.95 Å². The van der Waals surface area contributed by atoms with Gasteiger partial charge in [0.15, 0.2) is 9.84 Å². The molecule has 0 amide bonds. The third-order valence-corrected chi connectivity index (χ3v) is 7.44. The van der Waals surface area contributed by atoms with E-state index in [9.17, 15) is 8.42 Å². The summed E-state index contributed by atoms with van der Waals surface area (Å²) in [7, 11) is -3.23. The van der Waals surface area contributed by atoms with Crippen molar-refractivity contribution in [2.75, 3.05) is 30.9 Å². The van der Waals surface area contributed by atoms with Gasteiger partial charge in [0.1, 0.15) is 0 Å². The Labute approximate surface area is 184 Å². The molecular weight excluding hydrogens is 416 g/mol. The highest BCUT2D eigenvalue weighted by Crippen LogP contribution is 2.49. The predicted octanol–water partition coefficient (Wildman–Crippen LogP) is 3.49. The monoisotopic (exact) mass is 448 g/mol. The number of rotatable bonds is 7. The molecule has 0 spiro atoms. The lowest BCUT2D eigenvalue weighted by atomic mass is 9.90. The molecule has 170 valence electrons. The molecule has 3 heterocycles. The molecule has 1 aliphatic heterocycles. The molecular formula is C22H32N4O4S. The van der Waals surface area contributed by atoms with Crippen molar-refractivity contribution in [3.8, 4) is 5.88 Å². The van der Waals surface area contributed by atoms with Crippen molar-refractivity contribution < 1.29 is 17.7 Å². The first-order chi connectivity index (χ1) is 14.6. The molecule has 1 aliphatic carbocycles. The molecule has 0 radical (unpaired) electrons. The first kappa shape index (κ1) is 22.0. The van der Waals surface area contributed by atoms with E-state index in [1.54, 1.807) is 12.1 Å². The lowest BCUT2D eigenvalue weighted by Crippen LogP contribution is -2.35. The number of nitrogens with zero attached hydrogens (tertiary/aromatic N) is 4. The van der Waals surface area contributed by atoms with Gasteiger partial charge in [0.2, 0.25) is 11.8 Å². The maximum atomic E-state index is 11.5. The first-order valence-corrected chi connectivity index (χ1v) is 12.9. The number of piperidine rings is 1. The van der Waals surface area contributed by atoms with Gasteiger partial charge in [-0.15, -0.1) is 0 Å². The van der Waals surface area contributed by atoms with Crippen LogP contribution in [0, 0.1) is 17.8 Å². The summed E-state index contributed by atoms with van der Waals surface area (Å²) >= 11 is 0. The average Bonchev–Trinajstić information content (AvgIpc) is 3.29. The molecule has 0 unspecified atom stereocenters. The van der Waals surface area contributed by atoms with Crippen molar-refractivity contribution in [2.45, 2.75) is 56.8 Å². The van der Waals surface area contributed by atoms with E-state index in [1.807, 2.05) is 0 Å². The summed E-state index contributed by atoms with van der Waals surface area (Å²) in [6.07, 6.45) is 7.14. The fourth-order valence-electron chi connectivity index (χ4n) is 4.34. The Bertz CT molecular complexity index is 989. The number of aromatic nitrogens is 3. The van der Waals surface area contributed by atoms with Crippen LogP contribution >= 0.6 is 0 Å². The van der Waals surface area contributed by atoms with E-state index in [4.69, 9.17) is 9.26 Å². The molecule has 9 heteroatoms. The summed E-state index contributed by atoms with van der Waals surface area (Å²) in [5, 5.41) is 4.18. The first-order valence-electron chi connectivity index (χ1n) is 11.0. The van der Waals surface area contributed by atoms with Gasteiger partial charge in [-0.05, 0) is 54.7 Å². The molecule has 0 bridgehead atoms. The summed E-state index contributed by atoms with van der Waals surface area (Å²) < 4.78 is 34.1. The fourth-order valence-corrected chi connectivity index (χ4v) is 4.90. The van der Waals surface area contributed by atoms with Crippen molar-refractivity contribution in [2.24, 2.45) is 17.8 Å². The molecule has 1 saturated carbocycles. The van der Waals surface area contributed by atoms with Gasteiger partial charge < -0.3 is 14.2 Å². The summed E-state index contributed by atoms with van der Waals surface area (Å²) in [5.74, 6) is 4.13. The number of hydrogen-bond donors (Lipinski definition) is 0. The van der Waals surface area contributed by atoms with E-state index in [2.05, 4.69) is 40.8 Å². The second kappa shape index (κ2) is 8.41. The van der Waals surface area contributed by atoms with Crippen LogP contribution in [0.2, 0.25) is 0 Å². The van der Waals surface area contributed by atoms with Crippen LogP contribution < -0.4 is 9.64 Å². The number of ether oxygens (including phenoxy) is 1. The Balaban J connectivity index is 1.18. The summed E-state index contributed by atoms with van der Waals surface area (Å²) in [4.78, 5) is 11.1. The minimum absolute atomic E-state index is 0.127. The molecule has 2 aliphatic rings. The van der Waals surface area contributed by atoms with Crippen molar-refractivity contribution >= 4 is 15.8 Å². The number of pyridine rings is 1. The van der Waals surface area contributed by atoms with Gasteiger partial charge in [0, 0.05) is 37.0 Å². The Morgan fingerprint density at radius 2 is 1.97 bits per heavy atom. The zero-order valence-electron chi connectivity index (χ0n) is 18.7. The molecule has 0 aromatic carbocycles. The lowest BCUT2D eigenvalue weighted by molar-refractivity contribution is 0.275. The van der Waals surface area contributed by atoms with Gasteiger partial charge in [-0.25, -0.2) is 13.4 Å². The Hall–Kier alpha value is -2.16. The van der Waals surface area contributed by atoms with Crippen molar-refractivity contribution in [3.05, 3.63) is 24.2 Å². The van der Waals surface area contributed by atoms with Gasteiger partial charge in [-0.2, -0.15) is 4.98 Å². The van der Waals surface area contributed by atoms with Crippen LogP contribution in [-0.2, 0) is 15.3 Å². The van der Waals surface area contributed by atoms with Crippen LogP contribution in [0.4, 0.5) is 5.95 Å². The molecule has 2 atom stereocenters.